The van der Waals surface area contributed by atoms with Crippen LogP contribution < -0.4 is 4.74 Å². The zero-order chi connectivity index (χ0) is 34.8. The van der Waals surface area contributed by atoms with Gasteiger partial charge in [-0.05, 0) is 66.7 Å². The van der Waals surface area contributed by atoms with Crippen molar-refractivity contribution in [3.63, 3.8) is 0 Å². The Hall–Kier alpha value is -3.88. The lowest BCUT2D eigenvalue weighted by molar-refractivity contribution is -0.146. The number of esters is 2. The minimum atomic E-state index is -0.410. The van der Waals surface area contributed by atoms with Gasteiger partial charge in [0.1, 0.15) is 24.7 Å². The molecule has 0 aliphatic rings. The highest BCUT2D eigenvalue weighted by Gasteiger charge is 2.31. The molecule has 0 spiro atoms. The number of hydrogen-bond donors (Lipinski definition) is 1. The van der Waals surface area contributed by atoms with Crippen molar-refractivity contribution >= 4 is 11.9 Å². The Kier molecular flexibility index (Phi) is 15.9. The van der Waals surface area contributed by atoms with E-state index in [1.807, 2.05) is 73.7 Å². The minimum Gasteiger partial charge on any atom is -0.508 e. The van der Waals surface area contributed by atoms with Gasteiger partial charge in [0.25, 0.3) is 0 Å². The van der Waals surface area contributed by atoms with Gasteiger partial charge in [-0.15, -0.1) is 0 Å². The van der Waals surface area contributed by atoms with Crippen LogP contribution in [0.15, 0.2) is 72.8 Å². The fraction of sp³-hybridized carbons (Fsp3) is 0.500. The fourth-order valence-electron chi connectivity index (χ4n) is 5.63. The smallest absolute Gasteiger partial charge is 0.305 e. The highest BCUT2D eigenvalue weighted by Crippen LogP contribution is 2.44. The van der Waals surface area contributed by atoms with Crippen LogP contribution >= 0.6 is 0 Å². The number of phenolic OH excluding ortho intramolecular Hbond substituents is 1. The lowest BCUT2D eigenvalue weighted by Gasteiger charge is -2.31. The zero-order valence-corrected chi connectivity index (χ0v) is 29.4. The highest BCUT2D eigenvalue weighted by molar-refractivity contribution is 5.69. The van der Waals surface area contributed by atoms with E-state index in [1.165, 1.54) is 0 Å². The van der Waals surface area contributed by atoms with E-state index in [0.29, 0.717) is 65.1 Å². The molecular weight excluding hydrogens is 608 g/mol. The molecule has 262 valence electrons. The normalized spacial score (nSPS) is 11.7. The monoisotopic (exact) mass is 662 g/mol. The summed E-state index contributed by atoms with van der Waals surface area (Å²) in [5.41, 5.74) is 3.04. The Morgan fingerprint density at radius 1 is 0.646 bits per heavy atom. The lowest BCUT2D eigenvalue weighted by Crippen LogP contribution is -2.22. The van der Waals surface area contributed by atoms with Gasteiger partial charge >= 0.3 is 11.9 Å². The Labute approximate surface area is 286 Å². The second-order valence-corrected chi connectivity index (χ2v) is 13.3. The predicted molar refractivity (Wildman–Crippen MR) is 187 cm³/mol. The molecule has 0 aliphatic heterocycles. The van der Waals surface area contributed by atoms with Gasteiger partial charge < -0.3 is 28.8 Å². The zero-order valence-electron chi connectivity index (χ0n) is 29.4. The van der Waals surface area contributed by atoms with Crippen molar-refractivity contribution < 1.29 is 38.4 Å². The van der Waals surface area contributed by atoms with E-state index in [9.17, 15) is 14.7 Å². The molecular formula is C40H54O8. The molecule has 8 nitrogen and oxygen atoms in total. The van der Waals surface area contributed by atoms with Crippen LogP contribution in [-0.4, -0.2) is 50.1 Å². The maximum Gasteiger partial charge on any atom is 0.305 e. The van der Waals surface area contributed by atoms with Gasteiger partial charge in [0.05, 0.1) is 33.0 Å². The quantitative estimate of drug-likeness (QED) is 0.0849. The van der Waals surface area contributed by atoms with E-state index in [-0.39, 0.29) is 42.7 Å². The van der Waals surface area contributed by atoms with Crippen LogP contribution in [0.3, 0.4) is 0 Å². The summed E-state index contributed by atoms with van der Waals surface area (Å²) >= 11 is 0. The second kappa shape index (κ2) is 19.8. The summed E-state index contributed by atoms with van der Waals surface area (Å²) in [5.74, 6) is 0.404. The second-order valence-electron chi connectivity index (χ2n) is 13.3. The third-order valence-corrected chi connectivity index (χ3v) is 8.43. The fourth-order valence-corrected chi connectivity index (χ4v) is 5.63. The molecule has 0 atom stereocenters. The molecule has 3 aromatic carbocycles. The van der Waals surface area contributed by atoms with Crippen LogP contribution in [0.1, 0.15) is 95.4 Å². The number of phenols is 1. The first-order chi connectivity index (χ1) is 23.0. The summed E-state index contributed by atoms with van der Waals surface area (Å²) in [6, 6.07) is 23.5. The molecule has 0 bridgehead atoms. The Morgan fingerprint density at radius 2 is 1.10 bits per heavy atom. The average molecular weight is 663 g/mol. The van der Waals surface area contributed by atoms with Crippen LogP contribution in [0.25, 0.3) is 0 Å². The number of rotatable bonds is 22. The lowest BCUT2D eigenvalue weighted by atomic mass is 9.75. The van der Waals surface area contributed by atoms with Crippen molar-refractivity contribution in [3.8, 4) is 11.5 Å². The van der Waals surface area contributed by atoms with Gasteiger partial charge in [-0.1, -0.05) is 88.4 Å². The molecule has 3 aromatic rings. The van der Waals surface area contributed by atoms with Crippen LogP contribution in [-0.2, 0) is 52.6 Å². The van der Waals surface area contributed by atoms with Crippen LogP contribution in [0.5, 0.6) is 11.5 Å². The Morgan fingerprint density at radius 3 is 1.56 bits per heavy atom. The molecule has 1 N–H and O–H groups in total. The van der Waals surface area contributed by atoms with Gasteiger partial charge in [0.15, 0.2) is 0 Å². The number of ether oxygens (including phenoxy) is 5. The summed E-state index contributed by atoms with van der Waals surface area (Å²) in [6.07, 6.45) is 3.21. The number of benzene rings is 3. The Bertz CT molecular complexity index is 1390. The number of aromatic hydroxyl groups is 1. The van der Waals surface area contributed by atoms with Crippen LogP contribution in [0.2, 0.25) is 0 Å². The van der Waals surface area contributed by atoms with Crippen molar-refractivity contribution in [2.24, 2.45) is 0 Å². The van der Waals surface area contributed by atoms with E-state index in [2.05, 4.69) is 27.7 Å². The molecule has 0 aliphatic carbocycles. The summed E-state index contributed by atoms with van der Waals surface area (Å²) in [7, 11) is 0. The van der Waals surface area contributed by atoms with Crippen LogP contribution in [0.4, 0.5) is 0 Å². The molecule has 0 aromatic heterocycles. The molecule has 3 rings (SSSR count). The first kappa shape index (κ1) is 38.6. The molecule has 0 fully saturated rings. The van der Waals surface area contributed by atoms with Crippen molar-refractivity contribution in [1.29, 1.82) is 0 Å². The number of hydrogen-bond acceptors (Lipinski definition) is 8. The van der Waals surface area contributed by atoms with Gasteiger partial charge in [-0.25, -0.2) is 0 Å². The topological polar surface area (TPSA) is 101 Å². The molecule has 8 heteroatoms. The molecule has 0 heterocycles. The SMILES string of the molecule is CCOc1cc(C(C)(C)CCCC(=O)OCCOCc2ccccc2)c(O)cc1C(C)(C)CCCC(=O)OCCOCc1ccccc1. The molecule has 0 saturated heterocycles. The Balaban J connectivity index is 1.44. The maximum atomic E-state index is 12.4. The van der Waals surface area contributed by atoms with Crippen LogP contribution in [0, 0.1) is 0 Å². The van der Waals surface area contributed by atoms with E-state index in [1.54, 1.807) is 6.07 Å². The molecule has 0 saturated carbocycles. The van der Waals surface area contributed by atoms with Gasteiger partial charge in [0, 0.05) is 24.0 Å². The van der Waals surface area contributed by atoms with Gasteiger partial charge in [-0.3, -0.25) is 9.59 Å². The maximum absolute atomic E-state index is 12.4. The third kappa shape index (κ3) is 13.3. The first-order valence-corrected chi connectivity index (χ1v) is 17.1. The van der Waals surface area contributed by atoms with Crippen molar-refractivity contribution in [2.75, 3.05) is 33.0 Å². The molecule has 0 unspecified atom stereocenters. The summed E-state index contributed by atoms with van der Waals surface area (Å²) in [6.45, 7) is 12.8. The number of carbonyl (C=O) groups is 2. The number of carbonyl (C=O) groups excluding carboxylic acids is 2. The third-order valence-electron chi connectivity index (χ3n) is 8.43. The minimum absolute atomic E-state index is 0.194. The van der Waals surface area contributed by atoms with Crippen molar-refractivity contribution in [1.82, 2.24) is 0 Å². The predicted octanol–water partition coefficient (Wildman–Crippen LogP) is 8.21. The average Bonchev–Trinajstić information content (AvgIpc) is 3.06. The highest BCUT2D eigenvalue weighted by atomic mass is 16.6. The van der Waals surface area contributed by atoms with Crippen molar-refractivity contribution in [2.45, 2.75) is 97.2 Å². The molecule has 0 radical (unpaired) electrons. The summed E-state index contributed by atoms with van der Waals surface area (Å²) < 4.78 is 28.0. The summed E-state index contributed by atoms with van der Waals surface area (Å²) in [5, 5.41) is 11.2. The van der Waals surface area contributed by atoms with Gasteiger partial charge in [-0.2, -0.15) is 0 Å². The largest absolute Gasteiger partial charge is 0.508 e. The van der Waals surface area contributed by atoms with E-state index in [4.69, 9.17) is 23.7 Å². The molecule has 48 heavy (non-hydrogen) atoms. The van der Waals surface area contributed by atoms with E-state index in [0.717, 1.165) is 28.0 Å². The van der Waals surface area contributed by atoms with E-state index < -0.39 is 5.41 Å². The van der Waals surface area contributed by atoms with Crippen molar-refractivity contribution in [3.05, 3.63) is 95.1 Å². The van der Waals surface area contributed by atoms with Gasteiger partial charge in [0.2, 0.25) is 0 Å². The molecule has 0 amide bonds. The summed E-state index contributed by atoms with van der Waals surface area (Å²) in [4.78, 5) is 24.7. The first-order valence-electron chi connectivity index (χ1n) is 17.1. The van der Waals surface area contributed by atoms with E-state index >= 15 is 0 Å². The standard InChI is InChI=1S/C40H54O8/c1-6-46-36-28-33(39(2,3)21-13-19-37(42)47-25-23-44-29-31-15-9-7-10-16-31)35(41)27-34(36)40(4,5)22-14-20-38(43)48-26-24-45-30-32-17-11-8-12-18-32/h7-12,15-18,27-28,41H,6,13-14,19-26,29-30H2,1-5H3.